The summed E-state index contributed by atoms with van der Waals surface area (Å²) in [7, 11) is 0. The van der Waals surface area contributed by atoms with E-state index in [1.807, 2.05) is 13.8 Å². The van der Waals surface area contributed by atoms with Crippen LogP contribution in [-0.2, 0) is 19.3 Å². The zero-order valence-electron chi connectivity index (χ0n) is 10.7. The molecule has 1 aromatic carbocycles. The van der Waals surface area contributed by atoms with E-state index >= 15 is 0 Å². The van der Waals surface area contributed by atoms with E-state index in [4.69, 9.17) is 0 Å². The minimum absolute atomic E-state index is 0.263. The molecule has 1 heterocycles. The maximum atomic E-state index is 12.6. The van der Waals surface area contributed by atoms with Crippen LogP contribution in [0.1, 0.15) is 25.2 Å². The Labute approximate surface area is 108 Å². The monoisotopic (exact) mass is 272 g/mol. The summed E-state index contributed by atoms with van der Waals surface area (Å²) in [5.74, 6) is 0.702. The van der Waals surface area contributed by atoms with E-state index in [0.29, 0.717) is 23.8 Å². The van der Waals surface area contributed by atoms with Crippen molar-refractivity contribution in [3.8, 4) is 0 Å². The minimum atomic E-state index is -4.38. The normalized spacial score (nSPS) is 12.6. The lowest BCUT2D eigenvalue weighted by atomic mass is 10.2. The van der Waals surface area contributed by atoms with Crippen LogP contribution in [0.3, 0.4) is 0 Å². The molecule has 2 aromatic rings. The lowest BCUT2D eigenvalue weighted by Crippen LogP contribution is -2.08. The van der Waals surface area contributed by atoms with Crippen LogP contribution in [0.5, 0.6) is 0 Å². The summed E-state index contributed by atoms with van der Waals surface area (Å²) in [5.41, 5.74) is 0.156. The second-order valence-electron chi connectivity index (χ2n) is 4.89. The van der Waals surface area contributed by atoms with Gasteiger partial charge in [-0.1, -0.05) is 13.8 Å². The van der Waals surface area contributed by atoms with Crippen molar-refractivity contribution in [1.29, 1.82) is 0 Å². The molecule has 0 bridgehead atoms. The van der Waals surface area contributed by atoms with Crippen molar-refractivity contribution < 1.29 is 18.3 Å². The molecule has 0 fully saturated rings. The Hall–Kier alpha value is -1.56. The SMILES string of the molecule is CC(C)Cn1c(CO)nc2cc(C(F)(F)F)ccc21. The van der Waals surface area contributed by atoms with Crippen LogP contribution in [0.15, 0.2) is 18.2 Å². The number of imidazole rings is 1. The number of hydrogen-bond acceptors (Lipinski definition) is 2. The van der Waals surface area contributed by atoms with Gasteiger partial charge in [0, 0.05) is 6.54 Å². The Bertz CT molecular complexity index is 587. The van der Waals surface area contributed by atoms with Gasteiger partial charge in [0.2, 0.25) is 0 Å². The molecule has 0 saturated carbocycles. The standard InChI is InChI=1S/C13H15F3N2O/c1-8(2)6-18-11-4-3-9(13(14,15)16)5-10(11)17-12(18)7-19/h3-5,8,19H,6-7H2,1-2H3. The van der Waals surface area contributed by atoms with E-state index in [1.54, 1.807) is 4.57 Å². The molecule has 0 aliphatic rings. The van der Waals surface area contributed by atoms with Gasteiger partial charge in [-0.15, -0.1) is 0 Å². The van der Waals surface area contributed by atoms with Crippen molar-refractivity contribution >= 4 is 11.0 Å². The average molecular weight is 272 g/mol. The predicted molar refractivity (Wildman–Crippen MR) is 65.5 cm³/mol. The molecule has 0 aliphatic heterocycles. The molecule has 0 unspecified atom stereocenters. The van der Waals surface area contributed by atoms with Crippen molar-refractivity contribution in [2.75, 3.05) is 0 Å². The Morgan fingerprint density at radius 3 is 2.53 bits per heavy atom. The number of aliphatic hydroxyl groups is 1. The predicted octanol–water partition coefficient (Wildman–Crippen LogP) is 3.20. The van der Waals surface area contributed by atoms with Gasteiger partial charge >= 0.3 is 6.18 Å². The molecule has 19 heavy (non-hydrogen) atoms. The summed E-state index contributed by atoms with van der Waals surface area (Å²) in [6.45, 7) is 4.31. The topological polar surface area (TPSA) is 38.0 Å². The maximum absolute atomic E-state index is 12.6. The number of aromatic nitrogens is 2. The van der Waals surface area contributed by atoms with Gasteiger partial charge in [0.1, 0.15) is 12.4 Å². The molecule has 0 radical (unpaired) electrons. The smallest absolute Gasteiger partial charge is 0.388 e. The molecular weight excluding hydrogens is 257 g/mol. The number of hydrogen-bond donors (Lipinski definition) is 1. The molecule has 0 aliphatic carbocycles. The van der Waals surface area contributed by atoms with Gasteiger partial charge in [-0.3, -0.25) is 0 Å². The fourth-order valence-electron chi connectivity index (χ4n) is 2.05. The van der Waals surface area contributed by atoms with E-state index in [2.05, 4.69) is 4.98 Å². The number of rotatable bonds is 3. The van der Waals surface area contributed by atoms with Gasteiger partial charge in [0.15, 0.2) is 0 Å². The third-order valence-corrected chi connectivity index (χ3v) is 2.84. The number of aliphatic hydroxyl groups excluding tert-OH is 1. The van der Waals surface area contributed by atoms with Gasteiger partial charge in [-0.2, -0.15) is 13.2 Å². The molecule has 0 amide bonds. The second kappa shape index (κ2) is 4.85. The second-order valence-corrected chi connectivity index (χ2v) is 4.89. The first-order chi connectivity index (χ1) is 8.82. The van der Waals surface area contributed by atoms with Crippen LogP contribution in [0.25, 0.3) is 11.0 Å². The molecule has 104 valence electrons. The molecular formula is C13H15F3N2O. The lowest BCUT2D eigenvalue weighted by Gasteiger charge is -2.11. The summed E-state index contributed by atoms with van der Waals surface area (Å²) >= 11 is 0. The van der Waals surface area contributed by atoms with E-state index in [9.17, 15) is 18.3 Å². The summed E-state index contributed by atoms with van der Waals surface area (Å²) in [5, 5.41) is 9.26. The van der Waals surface area contributed by atoms with E-state index in [0.717, 1.165) is 12.1 Å². The fourth-order valence-corrected chi connectivity index (χ4v) is 2.05. The highest BCUT2D eigenvalue weighted by molar-refractivity contribution is 5.77. The summed E-state index contributed by atoms with van der Waals surface area (Å²) < 4.78 is 39.7. The number of fused-ring (bicyclic) bond motifs is 1. The van der Waals surface area contributed by atoms with Gasteiger partial charge in [0.05, 0.1) is 16.6 Å². The molecule has 0 saturated heterocycles. The molecule has 2 rings (SSSR count). The third-order valence-electron chi connectivity index (χ3n) is 2.84. The fraction of sp³-hybridized carbons (Fsp3) is 0.462. The quantitative estimate of drug-likeness (QED) is 0.931. The van der Waals surface area contributed by atoms with Crippen LogP contribution in [0.2, 0.25) is 0 Å². The van der Waals surface area contributed by atoms with Gasteiger partial charge < -0.3 is 9.67 Å². The van der Waals surface area contributed by atoms with E-state index in [1.165, 1.54) is 6.07 Å². The number of benzene rings is 1. The molecule has 3 nitrogen and oxygen atoms in total. The number of alkyl halides is 3. The summed E-state index contributed by atoms with van der Waals surface area (Å²) in [6.07, 6.45) is -4.38. The molecule has 1 aromatic heterocycles. The van der Waals surface area contributed by atoms with Gasteiger partial charge in [0.25, 0.3) is 0 Å². The highest BCUT2D eigenvalue weighted by Crippen LogP contribution is 2.31. The van der Waals surface area contributed by atoms with Crippen molar-refractivity contribution in [3.63, 3.8) is 0 Å². The first kappa shape index (κ1) is 13.9. The zero-order chi connectivity index (χ0) is 14.2. The first-order valence-electron chi connectivity index (χ1n) is 6.00. The maximum Gasteiger partial charge on any atom is 0.416 e. The largest absolute Gasteiger partial charge is 0.416 e. The Kier molecular flexibility index (Phi) is 3.54. The van der Waals surface area contributed by atoms with Crippen LogP contribution in [-0.4, -0.2) is 14.7 Å². The average Bonchev–Trinajstić information content (AvgIpc) is 2.65. The van der Waals surface area contributed by atoms with Crippen LogP contribution in [0.4, 0.5) is 13.2 Å². The summed E-state index contributed by atoms with van der Waals surface area (Å²) in [4.78, 5) is 4.07. The van der Waals surface area contributed by atoms with E-state index in [-0.39, 0.29) is 12.1 Å². The molecule has 0 spiro atoms. The first-order valence-corrected chi connectivity index (χ1v) is 6.00. The minimum Gasteiger partial charge on any atom is -0.388 e. The molecule has 0 atom stereocenters. The molecule has 6 heteroatoms. The Balaban J connectivity index is 2.57. The van der Waals surface area contributed by atoms with Crippen LogP contribution in [0, 0.1) is 5.92 Å². The lowest BCUT2D eigenvalue weighted by molar-refractivity contribution is -0.137. The summed E-state index contributed by atoms with van der Waals surface area (Å²) in [6, 6.07) is 3.47. The Morgan fingerprint density at radius 1 is 1.32 bits per heavy atom. The van der Waals surface area contributed by atoms with Gasteiger partial charge in [-0.05, 0) is 24.1 Å². The number of halogens is 3. The zero-order valence-corrected chi connectivity index (χ0v) is 10.7. The van der Waals surface area contributed by atoms with E-state index < -0.39 is 11.7 Å². The highest BCUT2D eigenvalue weighted by atomic mass is 19.4. The Morgan fingerprint density at radius 2 is 2.00 bits per heavy atom. The third kappa shape index (κ3) is 2.73. The van der Waals surface area contributed by atoms with Gasteiger partial charge in [-0.25, -0.2) is 4.98 Å². The number of nitrogens with zero attached hydrogens (tertiary/aromatic N) is 2. The molecule has 1 N–H and O–H groups in total. The van der Waals surface area contributed by atoms with Crippen LogP contribution < -0.4 is 0 Å². The van der Waals surface area contributed by atoms with Crippen molar-refractivity contribution in [2.45, 2.75) is 33.2 Å². The van der Waals surface area contributed by atoms with Crippen molar-refractivity contribution in [2.24, 2.45) is 5.92 Å². The van der Waals surface area contributed by atoms with Crippen molar-refractivity contribution in [1.82, 2.24) is 9.55 Å². The van der Waals surface area contributed by atoms with Crippen LogP contribution >= 0.6 is 0 Å². The van der Waals surface area contributed by atoms with Crippen molar-refractivity contribution in [3.05, 3.63) is 29.6 Å². The highest BCUT2D eigenvalue weighted by Gasteiger charge is 2.31.